The number of allylic oxidation sites excluding steroid dienone is 3. The molecule has 0 aromatic heterocycles. The van der Waals surface area contributed by atoms with Crippen LogP contribution in [-0.4, -0.2) is 17.0 Å². The van der Waals surface area contributed by atoms with Crippen molar-refractivity contribution in [1.29, 1.82) is 0 Å². The molecule has 0 saturated heterocycles. The summed E-state index contributed by atoms with van der Waals surface area (Å²) >= 11 is 0. The molecule has 1 N–H and O–H groups in total. The second-order valence-electron chi connectivity index (χ2n) is 12.6. The van der Waals surface area contributed by atoms with Crippen LogP contribution in [0.25, 0.3) is 0 Å². The summed E-state index contributed by atoms with van der Waals surface area (Å²) in [7, 11) is 0. The Morgan fingerprint density at radius 2 is 1.77 bits per heavy atom. The van der Waals surface area contributed by atoms with E-state index in [9.17, 15) is 9.90 Å². The number of ketones is 1. The van der Waals surface area contributed by atoms with Crippen LogP contribution in [0.2, 0.25) is 0 Å². The maximum Gasteiger partial charge on any atom is 0.136 e. The van der Waals surface area contributed by atoms with E-state index in [-0.39, 0.29) is 28.3 Å². The van der Waals surface area contributed by atoms with Gasteiger partial charge in [-0.2, -0.15) is 0 Å². The summed E-state index contributed by atoms with van der Waals surface area (Å²) in [5, 5.41) is 11.0. The first-order chi connectivity index (χ1) is 14.5. The van der Waals surface area contributed by atoms with Gasteiger partial charge in [0.1, 0.15) is 5.78 Å². The van der Waals surface area contributed by atoms with Crippen molar-refractivity contribution in [1.82, 2.24) is 0 Å². The molecule has 0 aliphatic heterocycles. The smallest absolute Gasteiger partial charge is 0.136 e. The maximum absolute atomic E-state index is 12.5. The van der Waals surface area contributed by atoms with Crippen LogP contribution in [0.5, 0.6) is 0 Å². The predicted molar refractivity (Wildman–Crippen MR) is 129 cm³/mol. The first-order valence-electron chi connectivity index (χ1n) is 13.0. The highest BCUT2D eigenvalue weighted by Crippen LogP contribution is 2.71. The fraction of sp³-hybridized carbons (Fsp3) is 0.828. The van der Waals surface area contributed by atoms with Crippen molar-refractivity contribution in [3.05, 3.63) is 22.8 Å². The van der Waals surface area contributed by atoms with Crippen molar-refractivity contribution in [2.24, 2.45) is 39.9 Å². The molecule has 2 heteroatoms. The van der Waals surface area contributed by atoms with E-state index in [4.69, 9.17) is 0 Å². The van der Waals surface area contributed by atoms with Crippen LogP contribution in [0.3, 0.4) is 0 Å². The molecule has 0 radical (unpaired) electrons. The standard InChI is InChI=1S/C29H46O2/c1-18(2)8-11-25(30)20(4)22-12-16-29(7)24-10-9-21-19(3)26(31)14-15-27(21,5)23(24)13-17-28(22,29)6/h8,19-22,25,30H,9-17H2,1-7H3/t19-,20-,21+,22+,25+,27-,28+,29-/m0/s1. The van der Waals surface area contributed by atoms with E-state index < -0.39 is 0 Å². The normalized spacial score (nSPS) is 44.3. The summed E-state index contributed by atoms with van der Waals surface area (Å²) in [5.41, 5.74) is 5.59. The van der Waals surface area contributed by atoms with Gasteiger partial charge in [0.15, 0.2) is 0 Å². The highest BCUT2D eigenvalue weighted by atomic mass is 16.3. The number of Topliss-reactive ketones (excluding diaryl/α,β-unsaturated/α-hetero) is 1. The molecule has 0 spiro atoms. The molecule has 0 aromatic rings. The highest BCUT2D eigenvalue weighted by Gasteiger charge is 2.62. The van der Waals surface area contributed by atoms with Crippen molar-refractivity contribution in [2.45, 2.75) is 112 Å². The van der Waals surface area contributed by atoms with Gasteiger partial charge in [-0.15, -0.1) is 0 Å². The molecule has 0 amide bonds. The van der Waals surface area contributed by atoms with Gasteiger partial charge in [0, 0.05) is 12.3 Å². The minimum Gasteiger partial charge on any atom is -0.393 e. The average Bonchev–Trinajstić information content (AvgIpc) is 3.00. The molecule has 4 aliphatic rings. The fourth-order valence-electron chi connectivity index (χ4n) is 8.84. The van der Waals surface area contributed by atoms with Gasteiger partial charge in [0.2, 0.25) is 0 Å². The molecule has 0 heterocycles. The molecule has 174 valence electrons. The molecular formula is C29H46O2. The van der Waals surface area contributed by atoms with Crippen molar-refractivity contribution in [3.63, 3.8) is 0 Å². The summed E-state index contributed by atoms with van der Waals surface area (Å²) in [6.45, 7) is 16.4. The Bertz CT molecular complexity index is 802. The van der Waals surface area contributed by atoms with E-state index in [0.29, 0.717) is 23.5 Å². The molecule has 2 saturated carbocycles. The van der Waals surface area contributed by atoms with E-state index in [1.54, 1.807) is 11.1 Å². The van der Waals surface area contributed by atoms with Crippen molar-refractivity contribution in [2.75, 3.05) is 0 Å². The summed E-state index contributed by atoms with van der Waals surface area (Å²) < 4.78 is 0. The predicted octanol–water partition coefficient (Wildman–Crippen LogP) is 7.27. The monoisotopic (exact) mass is 426 g/mol. The molecule has 4 aliphatic carbocycles. The lowest BCUT2D eigenvalue weighted by molar-refractivity contribution is -0.130. The lowest BCUT2D eigenvalue weighted by Gasteiger charge is -2.59. The third-order valence-electron chi connectivity index (χ3n) is 11.2. The maximum atomic E-state index is 12.5. The van der Waals surface area contributed by atoms with Gasteiger partial charge < -0.3 is 5.11 Å². The number of fused-ring (bicyclic) bond motifs is 4. The minimum absolute atomic E-state index is 0.232. The number of aliphatic hydroxyl groups excluding tert-OH is 1. The number of carbonyl (C=O) groups excluding carboxylic acids is 1. The molecule has 4 rings (SSSR count). The van der Waals surface area contributed by atoms with Crippen LogP contribution in [-0.2, 0) is 4.79 Å². The van der Waals surface area contributed by atoms with Crippen LogP contribution in [0.1, 0.15) is 106 Å². The molecule has 2 fully saturated rings. The third-order valence-corrected chi connectivity index (χ3v) is 11.2. The molecule has 8 atom stereocenters. The van der Waals surface area contributed by atoms with Crippen LogP contribution < -0.4 is 0 Å². The van der Waals surface area contributed by atoms with Gasteiger partial charge in [0.25, 0.3) is 0 Å². The van der Waals surface area contributed by atoms with Crippen LogP contribution in [0.15, 0.2) is 22.8 Å². The van der Waals surface area contributed by atoms with E-state index in [1.807, 2.05) is 0 Å². The largest absolute Gasteiger partial charge is 0.393 e. The highest BCUT2D eigenvalue weighted by molar-refractivity contribution is 5.82. The average molecular weight is 427 g/mol. The molecular weight excluding hydrogens is 380 g/mol. The fourth-order valence-corrected chi connectivity index (χ4v) is 8.84. The molecule has 2 nitrogen and oxygen atoms in total. The quantitative estimate of drug-likeness (QED) is 0.480. The van der Waals surface area contributed by atoms with Crippen molar-refractivity contribution >= 4 is 5.78 Å². The Kier molecular flexibility index (Phi) is 5.90. The van der Waals surface area contributed by atoms with Gasteiger partial charge in [-0.05, 0) is 99.2 Å². The SMILES string of the molecule is CC(C)=CC[C@@H](O)[C@@H](C)[C@H]1CC[C@@]2(C)C3=C(CC[C@]12C)[C@@]1(C)CCC(=O)[C@@H](C)[C@H]1CC3. The first kappa shape index (κ1) is 23.3. The lowest BCUT2D eigenvalue weighted by atomic mass is 9.45. The molecule has 0 unspecified atom stereocenters. The number of hydrogen-bond donors (Lipinski definition) is 1. The third kappa shape index (κ3) is 3.33. The number of rotatable bonds is 4. The summed E-state index contributed by atoms with van der Waals surface area (Å²) in [6.07, 6.45) is 11.9. The Hall–Kier alpha value is -0.890. The lowest BCUT2D eigenvalue weighted by Crippen LogP contribution is -2.51. The van der Waals surface area contributed by atoms with Crippen LogP contribution in [0.4, 0.5) is 0 Å². The molecule has 0 aromatic carbocycles. The van der Waals surface area contributed by atoms with Crippen molar-refractivity contribution in [3.8, 4) is 0 Å². The van der Waals surface area contributed by atoms with Crippen molar-refractivity contribution < 1.29 is 9.90 Å². The number of carbonyl (C=O) groups is 1. The topological polar surface area (TPSA) is 37.3 Å². The Labute approximate surface area is 191 Å². The Morgan fingerprint density at radius 3 is 2.45 bits per heavy atom. The summed E-state index contributed by atoms with van der Waals surface area (Å²) in [6, 6.07) is 0. The van der Waals surface area contributed by atoms with E-state index in [2.05, 4.69) is 54.5 Å². The van der Waals surface area contributed by atoms with E-state index in [1.165, 1.54) is 44.1 Å². The number of aliphatic hydroxyl groups is 1. The Morgan fingerprint density at radius 1 is 1.06 bits per heavy atom. The van der Waals surface area contributed by atoms with Gasteiger partial charge >= 0.3 is 0 Å². The van der Waals surface area contributed by atoms with E-state index in [0.717, 1.165) is 19.3 Å². The van der Waals surface area contributed by atoms with Gasteiger partial charge in [0.05, 0.1) is 6.10 Å². The zero-order valence-corrected chi connectivity index (χ0v) is 21.2. The van der Waals surface area contributed by atoms with Gasteiger partial charge in [-0.1, -0.05) is 57.4 Å². The minimum atomic E-state index is -0.243. The van der Waals surface area contributed by atoms with Crippen LogP contribution >= 0.6 is 0 Å². The summed E-state index contributed by atoms with van der Waals surface area (Å²) in [5.74, 6) is 2.20. The number of hydrogen-bond acceptors (Lipinski definition) is 2. The zero-order valence-electron chi connectivity index (χ0n) is 21.2. The molecule has 0 bridgehead atoms. The van der Waals surface area contributed by atoms with Gasteiger partial charge in [-0.25, -0.2) is 0 Å². The van der Waals surface area contributed by atoms with E-state index >= 15 is 0 Å². The first-order valence-corrected chi connectivity index (χ1v) is 13.0. The Balaban J connectivity index is 1.65. The zero-order chi connectivity index (χ0) is 22.8. The van der Waals surface area contributed by atoms with Gasteiger partial charge in [-0.3, -0.25) is 4.79 Å². The summed E-state index contributed by atoms with van der Waals surface area (Å²) in [4.78, 5) is 12.5. The second-order valence-corrected chi connectivity index (χ2v) is 12.6. The molecule has 31 heavy (non-hydrogen) atoms. The van der Waals surface area contributed by atoms with Crippen LogP contribution in [0, 0.1) is 39.9 Å². The second kappa shape index (κ2) is 7.86.